The van der Waals surface area contributed by atoms with E-state index < -0.39 is 17.9 Å². The van der Waals surface area contributed by atoms with Crippen molar-refractivity contribution in [2.45, 2.75) is 20.0 Å². The summed E-state index contributed by atoms with van der Waals surface area (Å²) >= 11 is 0. The van der Waals surface area contributed by atoms with Gasteiger partial charge in [0, 0.05) is 35.5 Å². The van der Waals surface area contributed by atoms with Crippen molar-refractivity contribution in [2.75, 3.05) is 25.5 Å². The fourth-order valence-electron chi connectivity index (χ4n) is 3.31. The van der Waals surface area contributed by atoms with E-state index in [4.69, 9.17) is 15.7 Å². The number of nitrogens with one attached hydrogen (secondary N) is 4. The Labute approximate surface area is 227 Å². The fraction of sp³-hybridized carbons (Fsp3) is 0.207. The van der Waals surface area contributed by atoms with Crippen molar-refractivity contribution in [3.05, 3.63) is 95.1 Å². The van der Waals surface area contributed by atoms with E-state index in [1.165, 1.54) is 5.48 Å². The van der Waals surface area contributed by atoms with Crippen LogP contribution in [0.5, 0.6) is 5.75 Å². The van der Waals surface area contributed by atoms with E-state index in [0.29, 0.717) is 23.4 Å². The molecule has 0 fully saturated rings. The number of methoxy groups -OCH3 is 1. The zero-order valence-corrected chi connectivity index (χ0v) is 20.8. The van der Waals surface area contributed by atoms with E-state index in [-0.39, 0.29) is 26.4 Å². The fourth-order valence-corrected chi connectivity index (χ4v) is 3.31. The predicted molar refractivity (Wildman–Crippen MR) is 149 cm³/mol. The molecule has 0 saturated heterocycles. The zero-order chi connectivity index (χ0) is 27.3. The molecule has 0 spiro atoms. The highest BCUT2D eigenvalue weighted by atomic mass is 16.5. The summed E-state index contributed by atoms with van der Waals surface area (Å²) in [5.41, 5.74) is 10.4. The topological polar surface area (TPSA) is 155 Å². The van der Waals surface area contributed by atoms with Gasteiger partial charge >= 0.3 is 0 Å². The highest BCUT2D eigenvalue weighted by Crippen LogP contribution is 2.12. The average molecular weight is 532 g/mol. The van der Waals surface area contributed by atoms with Gasteiger partial charge in [0.2, 0.25) is 5.91 Å². The second-order valence-electron chi connectivity index (χ2n) is 8.14. The lowest BCUT2D eigenvalue weighted by Crippen LogP contribution is -2.50. The van der Waals surface area contributed by atoms with Crippen LogP contribution < -0.4 is 31.9 Å². The van der Waals surface area contributed by atoms with Crippen LogP contribution in [0.2, 0.25) is 0 Å². The molecular weight excluding hydrogens is 498 g/mol. The van der Waals surface area contributed by atoms with Gasteiger partial charge in [-0.1, -0.05) is 31.4 Å². The minimum atomic E-state index is -1.05. The molecular formula is C29H33N5O5. The van der Waals surface area contributed by atoms with E-state index in [0.717, 1.165) is 16.9 Å². The Bertz CT molecular complexity index is 1300. The molecule has 0 heterocycles. The van der Waals surface area contributed by atoms with Gasteiger partial charge in [-0.2, -0.15) is 0 Å². The number of ether oxygens (including phenoxy) is 1. The van der Waals surface area contributed by atoms with Crippen LogP contribution in [0.3, 0.4) is 0 Å². The van der Waals surface area contributed by atoms with E-state index in [2.05, 4.69) is 27.8 Å². The summed E-state index contributed by atoms with van der Waals surface area (Å²) in [6.45, 7) is 0.571. The number of carbonyl (C=O) groups is 3. The van der Waals surface area contributed by atoms with Crippen LogP contribution in [0.15, 0.2) is 72.8 Å². The van der Waals surface area contributed by atoms with Crippen LogP contribution in [0, 0.1) is 11.8 Å². The molecule has 10 nitrogen and oxygen atoms in total. The van der Waals surface area contributed by atoms with Crippen LogP contribution in [-0.2, 0) is 16.1 Å². The predicted octanol–water partition coefficient (Wildman–Crippen LogP) is 2.02. The summed E-state index contributed by atoms with van der Waals surface area (Å²) < 4.78 is 5.13. The van der Waals surface area contributed by atoms with Crippen LogP contribution >= 0.6 is 0 Å². The maximum Gasteiger partial charge on any atom is 0.267 e. The minimum Gasteiger partial charge on any atom is -0.497 e. The molecule has 0 saturated carbocycles. The van der Waals surface area contributed by atoms with Gasteiger partial charge in [-0.15, -0.1) is 0 Å². The first-order valence-electron chi connectivity index (χ1n) is 11.7. The second-order valence-corrected chi connectivity index (χ2v) is 8.14. The SMILES string of the molecule is C.COc1ccc(CNCC(=O)Nc2ccc(C#Cc3ccc(C(=O)N[C@@H](CN)C(=O)NO)cc3)cc2)cc1. The van der Waals surface area contributed by atoms with Gasteiger partial charge in [-0.3, -0.25) is 19.6 Å². The quantitative estimate of drug-likeness (QED) is 0.133. The second kappa shape index (κ2) is 15.5. The molecule has 0 radical (unpaired) electrons. The molecule has 10 heteroatoms. The summed E-state index contributed by atoms with van der Waals surface area (Å²) in [4.78, 5) is 36.0. The average Bonchev–Trinajstić information content (AvgIpc) is 2.95. The van der Waals surface area contributed by atoms with Crippen LogP contribution in [0.25, 0.3) is 0 Å². The molecule has 0 unspecified atom stereocenters. The molecule has 7 N–H and O–H groups in total. The minimum absolute atomic E-state index is 0. The molecule has 0 aromatic heterocycles. The molecule has 0 aliphatic rings. The smallest absolute Gasteiger partial charge is 0.267 e. The number of hydrogen-bond donors (Lipinski definition) is 6. The summed E-state index contributed by atoms with van der Waals surface area (Å²) in [6, 6.07) is 20.2. The molecule has 1 atom stereocenters. The number of rotatable bonds is 10. The normalized spacial score (nSPS) is 10.6. The number of hydrogen-bond acceptors (Lipinski definition) is 7. The third kappa shape index (κ3) is 9.60. The lowest BCUT2D eigenvalue weighted by molar-refractivity contribution is -0.130. The Morgan fingerprint density at radius 3 is 2.05 bits per heavy atom. The van der Waals surface area contributed by atoms with Crippen LogP contribution in [-0.4, -0.2) is 49.2 Å². The molecule has 0 aliphatic carbocycles. The largest absolute Gasteiger partial charge is 0.497 e. The van der Waals surface area contributed by atoms with E-state index in [1.54, 1.807) is 55.6 Å². The van der Waals surface area contributed by atoms with Crippen LogP contribution in [0.1, 0.15) is 34.5 Å². The van der Waals surface area contributed by atoms with Crippen molar-refractivity contribution in [1.29, 1.82) is 0 Å². The summed E-state index contributed by atoms with van der Waals surface area (Å²) in [7, 11) is 1.62. The molecule has 3 aromatic carbocycles. The first-order valence-corrected chi connectivity index (χ1v) is 11.7. The molecule has 0 aliphatic heterocycles. The lowest BCUT2D eigenvalue weighted by Gasteiger charge is -2.14. The molecule has 204 valence electrons. The number of benzene rings is 3. The standard InChI is InChI=1S/C28H29N5O5.CH4/c1-38-24-14-8-21(9-15-24)17-30-18-26(34)31-23-12-6-20(7-13-23)3-2-19-4-10-22(11-5-19)27(35)32-25(16-29)28(36)33-37;/h4-15,25,30,37H,16-18,29H2,1H3,(H,31,34)(H,32,35)(H,33,36);1H4/t25-;/m0./s1. The van der Waals surface area contributed by atoms with E-state index >= 15 is 0 Å². The third-order valence-corrected chi connectivity index (χ3v) is 5.41. The molecule has 3 amide bonds. The van der Waals surface area contributed by atoms with Gasteiger partial charge in [-0.05, 0) is 66.2 Å². The van der Waals surface area contributed by atoms with Gasteiger partial charge in [-0.25, -0.2) is 5.48 Å². The highest BCUT2D eigenvalue weighted by Gasteiger charge is 2.19. The Balaban J connectivity index is 0.00000533. The molecule has 39 heavy (non-hydrogen) atoms. The van der Waals surface area contributed by atoms with Gasteiger partial charge in [0.1, 0.15) is 11.8 Å². The highest BCUT2D eigenvalue weighted by molar-refractivity contribution is 5.97. The van der Waals surface area contributed by atoms with Crippen molar-refractivity contribution in [3.8, 4) is 17.6 Å². The van der Waals surface area contributed by atoms with Gasteiger partial charge < -0.3 is 26.4 Å². The number of nitrogens with two attached hydrogens (primary N) is 1. The summed E-state index contributed by atoms with van der Waals surface area (Å²) in [5, 5.41) is 17.1. The summed E-state index contributed by atoms with van der Waals surface area (Å²) in [6.07, 6.45) is 0. The number of carbonyl (C=O) groups excluding carboxylic acids is 3. The number of hydroxylamine groups is 1. The van der Waals surface area contributed by atoms with Crippen LogP contribution in [0.4, 0.5) is 5.69 Å². The first-order chi connectivity index (χ1) is 18.4. The van der Waals surface area contributed by atoms with Gasteiger partial charge in [0.05, 0.1) is 13.7 Å². The first kappa shape index (κ1) is 30.5. The molecule has 3 aromatic rings. The van der Waals surface area contributed by atoms with Gasteiger partial charge in [0.25, 0.3) is 11.8 Å². The maximum absolute atomic E-state index is 12.3. The van der Waals surface area contributed by atoms with E-state index in [9.17, 15) is 14.4 Å². The number of anilines is 1. The van der Waals surface area contributed by atoms with Crippen molar-refractivity contribution in [3.63, 3.8) is 0 Å². The summed E-state index contributed by atoms with van der Waals surface area (Å²) in [5.74, 6) is 5.38. The van der Waals surface area contributed by atoms with E-state index in [1.807, 2.05) is 24.3 Å². The Kier molecular flexibility index (Phi) is 12.2. The van der Waals surface area contributed by atoms with Gasteiger partial charge in [0.15, 0.2) is 0 Å². The third-order valence-electron chi connectivity index (χ3n) is 5.41. The Morgan fingerprint density at radius 1 is 0.923 bits per heavy atom. The number of amides is 3. The lowest BCUT2D eigenvalue weighted by atomic mass is 10.1. The van der Waals surface area contributed by atoms with Crippen molar-refractivity contribution in [1.82, 2.24) is 16.1 Å². The molecule has 3 rings (SSSR count). The Morgan fingerprint density at radius 2 is 1.51 bits per heavy atom. The van der Waals surface area contributed by atoms with Crippen molar-refractivity contribution in [2.24, 2.45) is 5.73 Å². The Hall–Kier alpha value is -4.69. The zero-order valence-electron chi connectivity index (χ0n) is 20.8. The monoisotopic (exact) mass is 531 g/mol. The maximum atomic E-state index is 12.3. The van der Waals surface area contributed by atoms with Crippen molar-refractivity contribution >= 4 is 23.4 Å². The molecule has 0 bridgehead atoms. The van der Waals surface area contributed by atoms with Crippen molar-refractivity contribution < 1.29 is 24.3 Å².